The van der Waals surface area contributed by atoms with Gasteiger partial charge in [0.25, 0.3) is 22.7 Å². The van der Waals surface area contributed by atoms with Crippen molar-refractivity contribution < 1.29 is 23.9 Å². The molecule has 0 atom stereocenters. The average Bonchev–Trinajstić information content (AvgIpc) is 3.38. The van der Waals surface area contributed by atoms with E-state index >= 15 is 0 Å². The number of aromatic nitrogens is 3. The minimum atomic E-state index is -1.05. The van der Waals surface area contributed by atoms with E-state index in [0.717, 1.165) is 0 Å². The van der Waals surface area contributed by atoms with Gasteiger partial charge in [-0.05, 0) is 41.8 Å². The molecule has 8 N–H and O–H groups in total. The Morgan fingerprint density at radius 3 is 2.27 bits per heavy atom. The van der Waals surface area contributed by atoms with E-state index in [1.54, 1.807) is 19.1 Å². The summed E-state index contributed by atoms with van der Waals surface area (Å²) in [5.74, 6) is -2.79. The van der Waals surface area contributed by atoms with Crippen LogP contribution in [-0.2, 0) is 19.6 Å². The zero-order valence-corrected chi connectivity index (χ0v) is 23.1. The van der Waals surface area contributed by atoms with Crippen LogP contribution in [0.15, 0.2) is 58.1 Å². The summed E-state index contributed by atoms with van der Waals surface area (Å²) in [6, 6.07) is 11.5. The first-order valence-electron chi connectivity index (χ1n) is 13.1. The molecule has 2 aromatic heterocycles. The Kier molecular flexibility index (Phi) is 7.77. The smallest absolute Gasteiger partial charge is 0.335 e. The van der Waals surface area contributed by atoms with Crippen LogP contribution in [-0.4, -0.2) is 37.5 Å². The quantitative estimate of drug-likeness (QED) is 0.125. The molecule has 0 aliphatic carbocycles. The van der Waals surface area contributed by atoms with Gasteiger partial charge in [-0.25, -0.2) is 18.7 Å². The third kappa shape index (κ3) is 5.78. The number of nitrogens with zero attached hydrogens (tertiary/aromatic N) is 3. The molecule has 0 aliphatic rings. The number of carbonyl (C=O) groups is 3. The maximum absolute atomic E-state index is 14.4. The normalized spacial score (nSPS) is 11.0. The number of fused-ring (bicyclic) bond motifs is 1. The number of rotatable bonds is 10. The van der Waals surface area contributed by atoms with Gasteiger partial charge in [-0.1, -0.05) is 18.2 Å². The lowest BCUT2D eigenvalue weighted by Gasteiger charge is -2.13. The topological polar surface area (TPSA) is 224 Å². The van der Waals surface area contributed by atoms with Gasteiger partial charge in [0.05, 0.1) is 5.56 Å². The number of amides is 2. The van der Waals surface area contributed by atoms with Crippen LogP contribution in [0.2, 0.25) is 0 Å². The molecular weight excluding hydrogens is 575 g/mol. The average molecular weight is 601 g/mol. The molecule has 44 heavy (non-hydrogen) atoms. The predicted octanol–water partition coefficient (Wildman–Crippen LogP) is 1.11. The molecule has 0 spiro atoms. The predicted molar refractivity (Wildman–Crippen MR) is 157 cm³/mol. The number of nitrogens with two attached hydrogens (primary N) is 2. The lowest BCUT2D eigenvalue weighted by molar-refractivity contribution is 0.0695. The number of hydrogen-bond acceptors (Lipinski definition) is 10. The minimum Gasteiger partial charge on any atom is -0.478 e. The number of carboxylic acid groups (broad SMARTS) is 1. The highest BCUT2D eigenvalue weighted by atomic mass is 19.1. The molecule has 0 unspecified atom stereocenters. The van der Waals surface area contributed by atoms with Crippen LogP contribution in [0, 0.1) is 12.7 Å². The second-order valence-electron chi connectivity index (χ2n) is 9.91. The number of halogens is 1. The van der Waals surface area contributed by atoms with E-state index in [0.29, 0.717) is 16.7 Å². The minimum absolute atomic E-state index is 0.0395. The fraction of sp³-hybridized carbons (Fsp3) is 0.138. The van der Waals surface area contributed by atoms with E-state index in [-0.39, 0.29) is 65.0 Å². The monoisotopic (exact) mass is 600 g/mol. The van der Waals surface area contributed by atoms with Crippen LogP contribution in [0.1, 0.15) is 53.6 Å². The molecule has 3 aromatic carbocycles. The Labute approximate surface area is 247 Å². The van der Waals surface area contributed by atoms with E-state index in [1.165, 1.54) is 40.9 Å². The van der Waals surface area contributed by atoms with Crippen molar-refractivity contribution in [1.29, 1.82) is 0 Å². The first-order chi connectivity index (χ1) is 20.9. The lowest BCUT2D eigenvalue weighted by Crippen LogP contribution is -2.37. The Morgan fingerprint density at radius 1 is 0.909 bits per heavy atom. The molecule has 14 nitrogen and oxygen atoms in total. The standard InChI is InChI=1S/C29H25FN8O6/c1-13-6-14(2-4-17(13)29(43)44)10-34-27(41)19-8-20(38-22(36-19)9-21(31)37-38)28(42)35-11-15-3-5-18(30)16(7-15)12-33-24-23(32)25(39)26(24)40/h2-9,33H,10-12,32H2,1H3,(H2,31,37)(H,34,41)(H,35,42)(H,43,44). The molecule has 0 radical (unpaired) electrons. The molecule has 5 aromatic rings. The molecule has 0 bridgehead atoms. The number of anilines is 3. The molecule has 2 amide bonds. The van der Waals surface area contributed by atoms with Gasteiger partial charge in [-0.2, -0.15) is 0 Å². The van der Waals surface area contributed by atoms with Gasteiger partial charge in [0, 0.05) is 37.3 Å². The maximum Gasteiger partial charge on any atom is 0.335 e. The molecule has 2 heterocycles. The Balaban J connectivity index is 1.30. The number of hydrogen-bond donors (Lipinski definition) is 6. The fourth-order valence-electron chi connectivity index (χ4n) is 4.53. The number of nitrogen functional groups attached to an aromatic ring is 2. The highest BCUT2D eigenvalue weighted by Gasteiger charge is 2.20. The molecule has 0 aliphatic heterocycles. The van der Waals surface area contributed by atoms with Crippen molar-refractivity contribution in [3.63, 3.8) is 0 Å². The van der Waals surface area contributed by atoms with E-state index in [9.17, 15) is 33.5 Å². The third-order valence-corrected chi connectivity index (χ3v) is 6.85. The fourth-order valence-corrected chi connectivity index (χ4v) is 4.53. The largest absolute Gasteiger partial charge is 0.478 e. The molecule has 224 valence electrons. The molecular formula is C29H25FN8O6. The number of benzene rings is 2. The number of aromatic carboxylic acids is 1. The van der Waals surface area contributed by atoms with Crippen LogP contribution in [0.5, 0.6) is 0 Å². The number of aryl methyl sites for hydroxylation is 1. The van der Waals surface area contributed by atoms with Crippen LogP contribution < -0.4 is 38.3 Å². The third-order valence-electron chi connectivity index (χ3n) is 6.85. The summed E-state index contributed by atoms with van der Waals surface area (Å²) in [5.41, 5.74) is 11.5. The Hall–Kier alpha value is -6.12. The number of carbonyl (C=O) groups excluding carboxylic acids is 2. The van der Waals surface area contributed by atoms with E-state index in [1.807, 2.05) is 0 Å². The summed E-state index contributed by atoms with van der Waals surface area (Å²) in [5, 5.41) is 21.3. The Morgan fingerprint density at radius 2 is 1.59 bits per heavy atom. The van der Waals surface area contributed by atoms with E-state index < -0.39 is 34.5 Å². The van der Waals surface area contributed by atoms with Crippen molar-refractivity contribution in [1.82, 2.24) is 25.2 Å². The first-order valence-corrected chi connectivity index (χ1v) is 13.1. The van der Waals surface area contributed by atoms with Crippen molar-refractivity contribution in [2.45, 2.75) is 26.6 Å². The maximum atomic E-state index is 14.4. The highest BCUT2D eigenvalue weighted by molar-refractivity contribution is 5.98. The van der Waals surface area contributed by atoms with Crippen LogP contribution in [0.3, 0.4) is 0 Å². The number of carboxylic acids is 1. The summed E-state index contributed by atoms with van der Waals surface area (Å²) < 4.78 is 15.6. The van der Waals surface area contributed by atoms with Gasteiger partial charge in [0.2, 0.25) is 0 Å². The van der Waals surface area contributed by atoms with Crippen molar-refractivity contribution in [3.8, 4) is 0 Å². The molecule has 15 heteroatoms. The summed E-state index contributed by atoms with van der Waals surface area (Å²) in [6.45, 7) is 1.56. The molecule has 5 rings (SSSR count). The summed E-state index contributed by atoms with van der Waals surface area (Å²) in [7, 11) is 0. The van der Waals surface area contributed by atoms with Crippen molar-refractivity contribution in [2.75, 3.05) is 16.8 Å². The molecule has 0 saturated carbocycles. The van der Waals surface area contributed by atoms with Gasteiger partial charge in [-0.15, -0.1) is 5.10 Å². The lowest BCUT2D eigenvalue weighted by atomic mass is 10.1. The highest BCUT2D eigenvalue weighted by Crippen LogP contribution is 2.17. The van der Waals surface area contributed by atoms with Crippen molar-refractivity contribution >= 4 is 40.6 Å². The van der Waals surface area contributed by atoms with Gasteiger partial charge in [0.1, 0.15) is 34.4 Å². The van der Waals surface area contributed by atoms with Crippen LogP contribution in [0.4, 0.5) is 21.6 Å². The zero-order valence-electron chi connectivity index (χ0n) is 23.1. The summed E-state index contributed by atoms with van der Waals surface area (Å²) >= 11 is 0. The zero-order chi connectivity index (χ0) is 31.7. The van der Waals surface area contributed by atoms with Crippen molar-refractivity contribution in [2.24, 2.45) is 0 Å². The molecule has 0 fully saturated rings. The second kappa shape index (κ2) is 11.6. The van der Waals surface area contributed by atoms with Gasteiger partial charge >= 0.3 is 5.97 Å². The molecule has 0 saturated heterocycles. The van der Waals surface area contributed by atoms with Crippen molar-refractivity contribution in [3.05, 3.63) is 114 Å². The summed E-state index contributed by atoms with van der Waals surface area (Å²) in [6.07, 6.45) is 0. The van der Waals surface area contributed by atoms with Crippen LogP contribution in [0.25, 0.3) is 5.65 Å². The SMILES string of the molecule is Cc1cc(CNC(=O)c2cc(C(=O)NCc3ccc(F)c(CNc4c(N)c(=O)c4=O)c3)n3nc(N)cc3n2)ccc1C(=O)O. The van der Waals surface area contributed by atoms with E-state index in [2.05, 4.69) is 26.0 Å². The van der Waals surface area contributed by atoms with E-state index in [4.69, 9.17) is 11.5 Å². The first kappa shape index (κ1) is 29.4. The van der Waals surface area contributed by atoms with Gasteiger partial charge in [-0.3, -0.25) is 19.2 Å². The summed E-state index contributed by atoms with van der Waals surface area (Å²) in [4.78, 5) is 64.7. The van der Waals surface area contributed by atoms with Gasteiger partial charge in [0.15, 0.2) is 5.65 Å². The number of nitrogens with one attached hydrogen (secondary N) is 3. The second-order valence-corrected chi connectivity index (χ2v) is 9.91. The van der Waals surface area contributed by atoms with Gasteiger partial charge < -0.3 is 32.5 Å². The Bertz CT molecular complexity index is 2050. The van der Waals surface area contributed by atoms with Crippen LogP contribution >= 0.6 is 0 Å².